The van der Waals surface area contributed by atoms with Crippen molar-refractivity contribution in [2.24, 2.45) is 0 Å². The fourth-order valence-electron chi connectivity index (χ4n) is 1.20. The van der Waals surface area contributed by atoms with E-state index in [1.807, 2.05) is 16.8 Å². The fourth-order valence-corrected chi connectivity index (χ4v) is 2.29. The molecule has 0 unspecified atom stereocenters. The number of hydrogen-bond donors (Lipinski definition) is 2. The van der Waals surface area contributed by atoms with Crippen LogP contribution in [-0.2, 0) is 0 Å². The van der Waals surface area contributed by atoms with Crippen molar-refractivity contribution in [3.63, 3.8) is 0 Å². The van der Waals surface area contributed by atoms with Gasteiger partial charge in [0, 0.05) is 12.4 Å². The molecule has 6 heteroatoms. The molecule has 0 radical (unpaired) electrons. The number of pyridine rings is 1. The number of hydrogen-bond acceptors (Lipinski definition) is 4. The maximum atomic E-state index is 6.04. The van der Waals surface area contributed by atoms with Crippen molar-refractivity contribution in [3.05, 3.63) is 32.9 Å². The van der Waals surface area contributed by atoms with E-state index in [-0.39, 0.29) is 0 Å². The Morgan fingerprint density at radius 2 is 2.00 bits per heavy atom. The second-order valence-electron chi connectivity index (χ2n) is 3.04. The molecule has 0 amide bonds. The maximum Gasteiger partial charge on any atom is 0.151 e. The third kappa shape index (κ3) is 2.40. The second-order valence-corrected chi connectivity index (χ2v) is 4.63. The van der Waals surface area contributed by atoms with Crippen LogP contribution in [0.5, 0.6) is 0 Å². The Balaban J connectivity index is 2.33. The lowest BCUT2D eigenvalue weighted by Gasteiger charge is -2.09. The molecule has 2 N–H and O–H groups in total. The minimum Gasteiger partial charge on any atom is -0.372 e. The van der Waals surface area contributed by atoms with Crippen molar-refractivity contribution in [1.29, 1.82) is 0 Å². The van der Waals surface area contributed by atoms with E-state index in [4.69, 9.17) is 23.2 Å². The van der Waals surface area contributed by atoms with Crippen molar-refractivity contribution in [2.45, 2.75) is 0 Å². The SMILES string of the molecule is CNc1nc(Nc2ccsc2)c(Cl)cc1Cl. The van der Waals surface area contributed by atoms with Crippen LogP contribution in [0.3, 0.4) is 0 Å². The number of nitrogens with zero attached hydrogens (tertiary/aromatic N) is 1. The molecular formula is C10H9Cl2N3S. The van der Waals surface area contributed by atoms with Crippen LogP contribution in [0.25, 0.3) is 0 Å². The Labute approximate surface area is 107 Å². The maximum absolute atomic E-state index is 6.04. The molecule has 0 aliphatic rings. The van der Waals surface area contributed by atoms with E-state index in [2.05, 4.69) is 15.6 Å². The Hall–Kier alpha value is -0.970. The number of halogens is 2. The van der Waals surface area contributed by atoms with Gasteiger partial charge in [0.15, 0.2) is 5.82 Å². The molecule has 0 aliphatic heterocycles. The molecule has 0 atom stereocenters. The fraction of sp³-hybridized carbons (Fsp3) is 0.100. The van der Waals surface area contributed by atoms with Gasteiger partial charge in [0.2, 0.25) is 0 Å². The van der Waals surface area contributed by atoms with Crippen LogP contribution in [0.2, 0.25) is 10.0 Å². The Kier molecular flexibility index (Phi) is 3.53. The highest BCUT2D eigenvalue weighted by molar-refractivity contribution is 7.08. The molecule has 0 fully saturated rings. The third-order valence-corrected chi connectivity index (χ3v) is 3.21. The average Bonchev–Trinajstić information content (AvgIpc) is 2.75. The minimum atomic E-state index is 0.496. The normalized spacial score (nSPS) is 10.2. The summed E-state index contributed by atoms with van der Waals surface area (Å²) in [5, 5.41) is 11.0. The minimum absolute atomic E-state index is 0.496. The van der Waals surface area contributed by atoms with Crippen LogP contribution in [-0.4, -0.2) is 12.0 Å². The van der Waals surface area contributed by atoms with Crippen LogP contribution in [0.1, 0.15) is 0 Å². The first-order valence-corrected chi connectivity index (χ1v) is 6.23. The summed E-state index contributed by atoms with van der Waals surface area (Å²) in [6, 6.07) is 3.62. The summed E-state index contributed by atoms with van der Waals surface area (Å²) >= 11 is 13.6. The van der Waals surface area contributed by atoms with Crippen molar-refractivity contribution >= 4 is 51.9 Å². The Morgan fingerprint density at radius 3 is 2.62 bits per heavy atom. The van der Waals surface area contributed by atoms with E-state index in [9.17, 15) is 0 Å². The molecule has 2 heterocycles. The van der Waals surface area contributed by atoms with Crippen molar-refractivity contribution in [3.8, 4) is 0 Å². The van der Waals surface area contributed by atoms with E-state index >= 15 is 0 Å². The number of anilines is 3. The van der Waals surface area contributed by atoms with Gasteiger partial charge in [0.1, 0.15) is 5.82 Å². The molecular weight excluding hydrogens is 265 g/mol. The first-order chi connectivity index (χ1) is 7.70. The molecule has 2 aromatic heterocycles. The highest BCUT2D eigenvalue weighted by Crippen LogP contribution is 2.31. The second kappa shape index (κ2) is 4.91. The van der Waals surface area contributed by atoms with E-state index in [1.54, 1.807) is 24.5 Å². The van der Waals surface area contributed by atoms with Crippen LogP contribution in [0.4, 0.5) is 17.3 Å². The highest BCUT2D eigenvalue weighted by Gasteiger charge is 2.08. The lowest BCUT2D eigenvalue weighted by Crippen LogP contribution is -1.99. The molecule has 0 spiro atoms. The number of rotatable bonds is 3. The summed E-state index contributed by atoms with van der Waals surface area (Å²) in [4.78, 5) is 4.28. The van der Waals surface area contributed by atoms with Crippen molar-refractivity contribution in [2.75, 3.05) is 17.7 Å². The van der Waals surface area contributed by atoms with Gasteiger partial charge in [-0.25, -0.2) is 4.98 Å². The first kappa shape index (κ1) is 11.5. The summed E-state index contributed by atoms with van der Waals surface area (Å²) in [6.45, 7) is 0. The lowest BCUT2D eigenvalue weighted by molar-refractivity contribution is 1.28. The molecule has 0 saturated heterocycles. The molecule has 0 bridgehead atoms. The first-order valence-electron chi connectivity index (χ1n) is 4.53. The molecule has 84 valence electrons. The molecule has 2 aromatic rings. The smallest absolute Gasteiger partial charge is 0.151 e. The van der Waals surface area contributed by atoms with E-state index in [0.717, 1.165) is 5.69 Å². The van der Waals surface area contributed by atoms with Crippen LogP contribution < -0.4 is 10.6 Å². The highest BCUT2D eigenvalue weighted by atomic mass is 35.5. The van der Waals surface area contributed by atoms with Crippen LogP contribution in [0, 0.1) is 0 Å². The predicted octanol–water partition coefficient (Wildman–Crippen LogP) is 4.24. The zero-order valence-corrected chi connectivity index (χ0v) is 10.7. The zero-order chi connectivity index (χ0) is 11.5. The molecule has 0 aliphatic carbocycles. The van der Waals surface area contributed by atoms with Gasteiger partial charge in [-0.05, 0) is 17.5 Å². The standard InChI is InChI=1S/C10H9Cl2N3S/c1-13-9-7(11)4-8(12)10(15-9)14-6-2-3-16-5-6/h2-5H,1H3,(H2,13,14,15). The molecule has 3 nitrogen and oxygen atoms in total. The summed E-state index contributed by atoms with van der Waals surface area (Å²) in [5.41, 5.74) is 0.962. The lowest BCUT2D eigenvalue weighted by atomic mass is 10.4. The van der Waals surface area contributed by atoms with Gasteiger partial charge in [-0.2, -0.15) is 11.3 Å². The molecule has 0 aromatic carbocycles. The van der Waals surface area contributed by atoms with E-state index in [1.165, 1.54) is 0 Å². The topological polar surface area (TPSA) is 37.0 Å². The van der Waals surface area contributed by atoms with Crippen LogP contribution >= 0.6 is 34.5 Å². The summed E-state index contributed by atoms with van der Waals surface area (Å²) in [7, 11) is 1.76. The van der Waals surface area contributed by atoms with E-state index in [0.29, 0.717) is 21.7 Å². The number of thiophene rings is 1. The monoisotopic (exact) mass is 273 g/mol. The molecule has 2 rings (SSSR count). The van der Waals surface area contributed by atoms with Crippen molar-refractivity contribution < 1.29 is 0 Å². The van der Waals surface area contributed by atoms with Gasteiger partial charge in [-0.15, -0.1) is 0 Å². The van der Waals surface area contributed by atoms with E-state index < -0.39 is 0 Å². The number of nitrogens with one attached hydrogen (secondary N) is 2. The largest absolute Gasteiger partial charge is 0.372 e. The van der Waals surface area contributed by atoms with Gasteiger partial charge in [-0.1, -0.05) is 23.2 Å². The van der Waals surface area contributed by atoms with Crippen LogP contribution in [0.15, 0.2) is 22.9 Å². The summed E-state index contributed by atoms with van der Waals surface area (Å²) in [5.74, 6) is 1.19. The average molecular weight is 274 g/mol. The van der Waals surface area contributed by atoms with Crippen molar-refractivity contribution in [1.82, 2.24) is 4.98 Å². The van der Waals surface area contributed by atoms with Gasteiger partial charge in [-0.3, -0.25) is 0 Å². The van der Waals surface area contributed by atoms with Gasteiger partial charge < -0.3 is 10.6 Å². The number of aromatic nitrogens is 1. The Bertz CT molecular complexity index is 485. The zero-order valence-electron chi connectivity index (χ0n) is 8.42. The summed E-state index contributed by atoms with van der Waals surface area (Å²) < 4.78 is 0. The Morgan fingerprint density at radius 1 is 1.25 bits per heavy atom. The third-order valence-electron chi connectivity index (χ3n) is 1.95. The van der Waals surface area contributed by atoms with Gasteiger partial charge in [0.25, 0.3) is 0 Å². The molecule has 16 heavy (non-hydrogen) atoms. The molecule has 0 saturated carbocycles. The quantitative estimate of drug-likeness (QED) is 0.879. The summed E-state index contributed by atoms with van der Waals surface area (Å²) in [6.07, 6.45) is 0. The predicted molar refractivity (Wildman–Crippen MR) is 71.4 cm³/mol. The van der Waals surface area contributed by atoms with Gasteiger partial charge >= 0.3 is 0 Å². The van der Waals surface area contributed by atoms with Gasteiger partial charge in [0.05, 0.1) is 15.7 Å².